The number of alkyl halides is 1. The van der Waals surface area contributed by atoms with Crippen LogP contribution in [0.3, 0.4) is 0 Å². The molecule has 3 nitrogen and oxygen atoms in total. The van der Waals surface area contributed by atoms with E-state index in [-0.39, 0.29) is 0 Å². The van der Waals surface area contributed by atoms with Crippen molar-refractivity contribution in [3.8, 4) is 0 Å². The SMILES string of the molecule is Cn1cnnc1SCF. The second-order valence-electron chi connectivity index (χ2n) is 1.48. The van der Waals surface area contributed by atoms with Gasteiger partial charge in [-0.15, -0.1) is 10.2 Å². The minimum absolute atomic E-state index is 0.452. The van der Waals surface area contributed by atoms with Crippen LogP contribution in [0.25, 0.3) is 0 Å². The molecule has 0 unspecified atom stereocenters. The van der Waals surface area contributed by atoms with Gasteiger partial charge >= 0.3 is 0 Å². The Morgan fingerprint density at radius 3 is 3.11 bits per heavy atom. The van der Waals surface area contributed by atoms with Gasteiger partial charge in [0.05, 0.1) is 0 Å². The smallest absolute Gasteiger partial charge is 0.193 e. The zero-order valence-corrected chi connectivity index (χ0v) is 5.73. The van der Waals surface area contributed by atoms with Crippen LogP contribution in [0.15, 0.2) is 11.5 Å². The fourth-order valence-corrected chi connectivity index (χ4v) is 0.905. The Kier molecular flexibility index (Phi) is 2.05. The number of rotatable bonds is 2. The molecule has 0 atom stereocenters. The largest absolute Gasteiger partial charge is 0.312 e. The molecule has 0 spiro atoms. The maximum atomic E-state index is 11.6. The molecule has 0 aliphatic heterocycles. The van der Waals surface area contributed by atoms with Crippen molar-refractivity contribution < 1.29 is 4.39 Å². The summed E-state index contributed by atoms with van der Waals surface area (Å²) in [4.78, 5) is 0. The molecule has 0 fully saturated rings. The van der Waals surface area contributed by atoms with Crippen LogP contribution in [-0.4, -0.2) is 20.8 Å². The van der Waals surface area contributed by atoms with Crippen molar-refractivity contribution in [1.82, 2.24) is 14.8 Å². The number of halogens is 1. The zero-order chi connectivity index (χ0) is 6.69. The summed E-state index contributed by atoms with van der Waals surface area (Å²) in [5, 5.41) is 7.82. The number of aromatic nitrogens is 3. The Morgan fingerprint density at radius 2 is 2.67 bits per heavy atom. The van der Waals surface area contributed by atoms with Crippen molar-refractivity contribution in [2.75, 3.05) is 6.01 Å². The molecule has 0 radical (unpaired) electrons. The first-order valence-corrected chi connectivity index (χ1v) is 3.36. The number of hydrogen-bond acceptors (Lipinski definition) is 3. The van der Waals surface area contributed by atoms with Gasteiger partial charge in [0.2, 0.25) is 0 Å². The maximum absolute atomic E-state index is 11.6. The summed E-state index contributed by atoms with van der Waals surface area (Å²) in [6.07, 6.45) is 1.54. The van der Waals surface area contributed by atoms with E-state index in [2.05, 4.69) is 10.2 Å². The quantitative estimate of drug-likeness (QED) is 0.580. The first-order chi connectivity index (χ1) is 4.34. The lowest BCUT2D eigenvalue weighted by Gasteiger charge is -1.91. The fourth-order valence-electron chi connectivity index (χ4n) is 0.452. The summed E-state index contributed by atoms with van der Waals surface area (Å²) in [7, 11) is 1.78. The Hall–Kier alpha value is -0.580. The van der Waals surface area contributed by atoms with Crippen LogP contribution in [0, 0.1) is 0 Å². The molecule has 1 heterocycles. The van der Waals surface area contributed by atoms with Crippen molar-refractivity contribution >= 4 is 11.8 Å². The molecule has 0 N–H and O–H groups in total. The number of hydrogen-bond donors (Lipinski definition) is 0. The summed E-state index contributed by atoms with van der Waals surface area (Å²) in [5.74, 6) is 0. The number of aryl methyl sites for hydroxylation is 1. The van der Waals surface area contributed by atoms with Gasteiger partial charge in [0.25, 0.3) is 0 Å². The highest BCUT2D eigenvalue weighted by atomic mass is 32.2. The third-order valence-corrected chi connectivity index (χ3v) is 1.59. The third kappa shape index (κ3) is 1.41. The maximum Gasteiger partial charge on any atom is 0.193 e. The Bertz CT molecular complexity index is 188. The molecule has 0 aromatic carbocycles. The zero-order valence-electron chi connectivity index (χ0n) is 4.91. The molecule has 1 rings (SSSR count). The van der Waals surface area contributed by atoms with Gasteiger partial charge < -0.3 is 4.57 Å². The van der Waals surface area contributed by atoms with E-state index in [9.17, 15) is 4.39 Å². The minimum Gasteiger partial charge on any atom is -0.312 e. The molecule has 0 saturated carbocycles. The van der Waals surface area contributed by atoms with Crippen LogP contribution < -0.4 is 0 Å². The van der Waals surface area contributed by atoms with Gasteiger partial charge in [0, 0.05) is 7.05 Å². The molecule has 50 valence electrons. The van der Waals surface area contributed by atoms with E-state index in [0.29, 0.717) is 5.16 Å². The van der Waals surface area contributed by atoms with E-state index in [1.165, 1.54) is 6.33 Å². The fraction of sp³-hybridized carbons (Fsp3) is 0.500. The van der Waals surface area contributed by atoms with E-state index in [4.69, 9.17) is 0 Å². The first-order valence-electron chi connectivity index (χ1n) is 2.37. The minimum atomic E-state index is -0.452. The summed E-state index contributed by atoms with van der Waals surface area (Å²) in [5.41, 5.74) is 0. The van der Waals surface area contributed by atoms with E-state index in [1.54, 1.807) is 11.6 Å². The van der Waals surface area contributed by atoms with Crippen molar-refractivity contribution in [2.24, 2.45) is 7.05 Å². The van der Waals surface area contributed by atoms with Crippen molar-refractivity contribution in [3.63, 3.8) is 0 Å². The number of nitrogens with zero attached hydrogens (tertiary/aromatic N) is 3. The molecule has 0 saturated heterocycles. The molecule has 9 heavy (non-hydrogen) atoms. The molecule has 5 heteroatoms. The summed E-state index contributed by atoms with van der Waals surface area (Å²) < 4.78 is 13.3. The van der Waals surface area contributed by atoms with Gasteiger partial charge in [-0.3, -0.25) is 0 Å². The Labute approximate surface area is 56.3 Å². The van der Waals surface area contributed by atoms with Gasteiger partial charge in [-0.2, -0.15) is 0 Å². The van der Waals surface area contributed by atoms with Crippen LogP contribution in [0.4, 0.5) is 4.39 Å². The topological polar surface area (TPSA) is 30.7 Å². The molecule has 1 aromatic heterocycles. The third-order valence-electron chi connectivity index (χ3n) is 0.854. The van der Waals surface area contributed by atoms with Crippen molar-refractivity contribution in [1.29, 1.82) is 0 Å². The summed E-state index contributed by atoms with van der Waals surface area (Å²) in [6, 6.07) is -0.452. The lowest BCUT2D eigenvalue weighted by molar-refractivity contribution is 0.602. The lowest BCUT2D eigenvalue weighted by atomic mass is 11.1. The van der Waals surface area contributed by atoms with Gasteiger partial charge in [-0.25, -0.2) is 4.39 Å². The lowest BCUT2D eigenvalue weighted by Crippen LogP contribution is -1.87. The average Bonchev–Trinajstić information content (AvgIpc) is 2.18. The highest BCUT2D eigenvalue weighted by molar-refractivity contribution is 7.99. The van der Waals surface area contributed by atoms with Gasteiger partial charge in [-0.05, 0) is 0 Å². The van der Waals surface area contributed by atoms with Crippen LogP contribution in [0.1, 0.15) is 0 Å². The Morgan fingerprint density at radius 1 is 1.89 bits per heavy atom. The molecular weight excluding hydrogens is 141 g/mol. The standard InChI is InChI=1S/C4H6FN3S/c1-8-3-6-7-4(8)9-2-5/h3H,2H2,1H3. The second kappa shape index (κ2) is 2.82. The monoisotopic (exact) mass is 147 g/mol. The van der Waals surface area contributed by atoms with Crippen molar-refractivity contribution in [3.05, 3.63) is 6.33 Å². The molecular formula is C4H6FN3S. The van der Waals surface area contributed by atoms with E-state index in [0.717, 1.165) is 11.8 Å². The molecule has 0 aliphatic rings. The molecule has 0 bridgehead atoms. The average molecular weight is 147 g/mol. The van der Waals surface area contributed by atoms with Gasteiger partial charge in [0.1, 0.15) is 12.3 Å². The van der Waals surface area contributed by atoms with Gasteiger partial charge in [-0.1, -0.05) is 11.8 Å². The summed E-state index contributed by atoms with van der Waals surface area (Å²) >= 11 is 1.03. The Balaban J connectivity index is 2.69. The van der Waals surface area contributed by atoms with E-state index < -0.39 is 6.01 Å². The molecule has 1 aromatic rings. The van der Waals surface area contributed by atoms with E-state index >= 15 is 0 Å². The second-order valence-corrected chi connectivity index (χ2v) is 2.35. The molecule has 0 aliphatic carbocycles. The van der Waals surface area contributed by atoms with Crippen molar-refractivity contribution in [2.45, 2.75) is 5.16 Å². The highest BCUT2D eigenvalue weighted by Crippen LogP contribution is 2.12. The number of thioether (sulfide) groups is 1. The highest BCUT2D eigenvalue weighted by Gasteiger charge is 1.97. The molecule has 0 amide bonds. The van der Waals surface area contributed by atoms with Gasteiger partial charge in [0.15, 0.2) is 5.16 Å². The van der Waals surface area contributed by atoms with Crippen LogP contribution in [-0.2, 0) is 7.05 Å². The van der Waals surface area contributed by atoms with E-state index in [1.807, 2.05) is 0 Å². The van der Waals surface area contributed by atoms with Crippen LogP contribution in [0.2, 0.25) is 0 Å². The predicted octanol–water partition coefficient (Wildman–Crippen LogP) is 0.834. The normalized spacial score (nSPS) is 10.0. The van der Waals surface area contributed by atoms with Crippen LogP contribution in [0.5, 0.6) is 0 Å². The first kappa shape index (κ1) is 6.54. The van der Waals surface area contributed by atoms with Crippen LogP contribution >= 0.6 is 11.8 Å². The predicted molar refractivity (Wildman–Crippen MR) is 32.8 cm³/mol. The summed E-state index contributed by atoms with van der Waals surface area (Å²) in [6.45, 7) is 0.